The molecule has 0 unspecified atom stereocenters. The van der Waals surface area contributed by atoms with Crippen LogP contribution in [-0.2, 0) is 0 Å². The van der Waals surface area contributed by atoms with Gasteiger partial charge in [-0.3, -0.25) is 0 Å². The van der Waals surface area contributed by atoms with Crippen LogP contribution in [0.3, 0.4) is 0 Å². The van der Waals surface area contributed by atoms with Crippen molar-refractivity contribution in [1.29, 1.82) is 10.5 Å². The van der Waals surface area contributed by atoms with Crippen molar-refractivity contribution in [2.75, 3.05) is 0 Å². The highest BCUT2D eigenvalue weighted by Gasteiger charge is 2.35. The lowest BCUT2D eigenvalue weighted by molar-refractivity contribution is 0.669. The largest absolute Gasteiger partial charge is 0.456 e. The van der Waals surface area contributed by atoms with Gasteiger partial charge in [-0.2, -0.15) is 10.5 Å². The Kier molecular flexibility index (Phi) is 7.54. The number of benzene rings is 11. The third-order valence-electron chi connectivity index (χ3n) is 16.8. The van der Waals surface area contributed by atoms with E-state index < -0.39 is 0 Å². The number of aromatic nitrogens is 4. The van der Waals surface area contributed by atoms with Crippen LogP contribution in [0.1, 0.15) is 16.7 Å². The molecular formula is C69H36N6O2. The van der Waals surface area contributed by atoms with E-state index >= 15 is 0 Å². The fourth-order valence-corrected chi connectivity index (χ4v) is 13.6. The summed E-state index contributed by atoms with van der Waals surface area (Å²) in [6, 6.07) is 76.2. The van der Waals surface area contributed by atoms with Crippen LogP contribution in [0, 0.1) is 29.6 Å². The summed E-state index contributed by atoms with van der Waals surface area (Å²) >= 11 is 0. The Hall–Kier alpha value is -10.8. The predicted octanol–water partition coefficient (Wildman–Crippen LogP) is 17.9. The van der Waals surface area contributed by atoms with Gasteiger partial charge in [0.25, 0.3) is 0 Å². The second-order valence-corrected chi connectivity index (χ2v) is 20.7. The monoisotopic (exact) mass is 980 g/mol. The maximum absolute atomic E-state index is 12.6. The molecule has 0 spiro atoms. The van der Waals surface area contributed by atoms with E-state index in [-0.39, 0.29) is 0 Å². The minimum Gasteiger partial charge on any atom is -0.456 e. The molecule has 354 valence electrons. The molecule has 11 aromatic carbocycles. The van der Waals surface area contributed by atoms with E-state index in [1.807, 2.05) is 36.4 Å². The molecule has 8 nitrogen and oxygen atoms in total. The normalized spacial score (nSPS) is 12.5. The number of hydrogen-bond donors (Lipinski definition) is 0. The van der Waals surface area contributed by atoms with Crippen LogP contribution in [0.2, 0.25) is 0 Å². The predicted molar refractivity (Wildman–Crippen MR) is 312 cm³/mol. The van der Waals surface area contributed by atoms with E-state index in [1.54, 1.807) is 0 Å². The standard InChI is InChI=1S/C69H36N6O2/c1-37-22-26-57-46(28-37)48-31-50-44-15-5-10-20-62(44)76-64(50)33-60(48)73(57)67-52(35-70)66(72-54-17-7-2-12-40(54)41-13-3-8-18-55(41)72)53(36-71)68-69(67)75-56-19-9-4-14-42(56)43-25-23-39(30-59(43)75)38-24-27-58-47(29-38)49-32-51-45-16-6-11-21-63(45)77-65(51)34-61(49)74(58)68/h2-34H,1H3. The number of fused-ring (bicyclic) bond motifs is 16. The van der Waals surface area contributed by atoms with E-state index in [9.17, 15) is 10.5 Å². The Morgan fingerprint density at radius 2 is 0.675 bits per heavy atom. The van der Waals surface area contributed by atoms with E-state index in [0.717, 1.165) is 148 Å². The van der Waals surface area contributed by atoms with E-state index in [1.165, 1.54) is 0 Å². The molecule has 8 heterocycles. The highest BCUT2D eigenvalue weighted by molar-refractivity contribution is 6.22. The molecule has 0 atom stereocenters. The number of nitriles is 2. The van der Waals surface area contributed by atoms with Crippen LogP contribution in [-0.4, -0.2) is 18.3 Å². The minimum absolute atomic E-state index is 0.343. The molecule has 0 amide bonds. The fraction of sp³-hybridized carbons (Fsp3) is 0.0145. The molecule has 0 saturated heterocycles. The van der Waals surface area contributed by atoms with Crippen molar-refractivity contribution in [1.82, 2.24) is 18.3 Å². The number of hydrogen-bond acceptors (Lipinski definition) is 4. The second kappa shape index (κ2) is 14.3. The van der Waals surface area contributed by atoms with Crippen molar-refractivity contribution < 1.29 is 8.83 Å². The van der Waals surface area contributed by atoms with Gasteiger partial charge in [-0.15, -0.1) is 0 Å². The van der Waals surface area contributed by atoms with Gasteiger partial charge >= 0.3 is 0 Å². The molecule has 17 aromatic rings. The Labute approximate surface area is 436 Å². The number of para-hydroxylation sites is 5. The molecule has 2 aliphatic heterocycles. The van der Waals surface area contributed by atoms with Gasteiger partial charge < -0.3 is 27.1 Å². The van der Waals surface area contributed by atoms with Crippen molar-refractivity contribution in [3.8, 4) is 46.0 Å². The third-order valence-corrected chi connectivity index (χ3v) is 16.8. The van der Waals surface area contributed by atoms with Crippen molar-refractivity contribution in [3.63, 3.8) is 0 Å². The molecule has 6 bridgehead atoms. The van der Waals surface area contributed by atoms with Crippen LogP contribution in [0.25, 0.3) is 165 Å². The first-order valence-electron chi connectivity index (χ1n) is 25.9. The van der Waals surface area contributed by atoms with Crippen LogP contribution in [0.5, 0.6) is 0 Å². The van der Waals surface area contributed by atoms with Crippen molar-refractivity contribution in [2.45, 2.75) is 6.92 Å². The highest BCUT2D eigenvalue weighted by Crippen LogP contribution is 2.51. The molecule has 19 rings (SSSR count). The Bertz CT molecular complexity index is 5640. The zero-order chi connectivity index (χ0) is 50.5. The van der Waals surface area contributed by atoms with Gasteiger partial charge in [-0.25, -0.2) is 0 Å². The van der Waals surface area contributed by atoms with Gasteiger partial charge in [0.1, 0.15) is 45.6 Å². The molecule has 0 fully saturated rings. The first kappa shape index (κ1) is 40.7. The van der Waals surface area contributed by atoms with Crippen LogP contribution in [0.4, 0.5) is 0 Å². The lowest BCUT2D eigenvalue weighted by Gasteiger charge is -2.27. The molecule has 2 aliphatic rings. The zero-order valence-corrected chi connectivity index (χ0v) is 41.1. The number of aryl methyl sites for hydroxylation is 1. The Morgan fingerprint density at radius 3 is 1.22 bits per heavy atom. The van der Waals surface area contributed by atoms with Gasteiger partial charge in [-0.05, 0) is 90.8 Å². The third kappa shape index (κ3) is 5.05. The molecule has 0 saturated carbocycles. The summed E-state index contributed by atoms with van der Waals surface area (Å²) in [4.78, 5) is 0. The smallest absolute Gasteiger partial charge is 0.137 e. The molecule has 0 N–H and O–H groups in total. The highest BCUT2D eigenvalue weighted by atomic mass is 16.3. The number of nitrogens with zero attached hydrogens (tertiary/aromatic N) is 6. The van der Waals surface area contributed by atoms with Crippen molar-refractivity contribution in [2.24, 2.45) is 0 Å². The summed E-state index contributed by atoms with van der Waals surface area (Å²) in [5.74, 6) is 0. The molecular weight excluding hydrogens is 945 g/mol. The van der Waals surface area contributed by atoms with Crippen LogP contribution >= 0.6 is 0 Å². The maximum atomic E-state index is 12.6. The van der Waals surface area contributed by atoms with Crippen molar-refractivity contribution in [3.05, 3.63) is 217 Å². The molecule has 77 heavy (non-hydrogen) atoms. The Balaban J connectivity index is 1.17. The lowest BCUT2D eigenvalue weighted by atomic mass is 9.98. The number of rotatable bonds is 2. The topological polar surface area (TPSA) is 93.6 Å². The molecule has 0 radical (unpaired) electrons. The van der Waals surface area contributed by atoms with Crippen LogP contribution in [0.15, 0.2) is 209 Å². The van der Waals surface area contributed by atoms with E-state index in [2.05, 4.69) is 201 Å². The zero-order valence-electron chi connectivity index (χ0n) is 41.1. The first-order valence-corrected chi connectivity index (χ1v) is 25.9. The minimum atomic E-state index is 0.343. The lowest BCUT2D eigenvalue weighted by Crippen LogP contribution is -2.16. The first-order chi connectivity index (χ1) is 38.0. The van der Waals surface area contributed by atoms with Gasteiger partial charge in [0.15, 0.2) is 0 Å². The summed E-state index contributed by atoms with van der Waals surface area (Å²) in [5.41, 5.74) is 16.6. The Morgan fingerprint density at radius 1 is 0.286 bits per heavy atom. The summed E-state index contributed by atoms with van der Waals surface area (Å²) in [7, 11) is 0. The van der Waals surface area contributed by atoms with Gasteiger partial charge in [0, 0.05) is 76.8 Å². The van der Waals surface area contributed by atoms with Crippen molar-refractivity contribution >= 4 is 131 Å². The average molecular weight is 981 g/mol. The van der Waals surface area contributed by atoms with Crippen LogP contribution < -0.4 is 0 Å². The van der Waals surface area contributed by atoms with Gasteiger partial charge in [0.05, 0.1) is 66.9 Å². The average Bonchev–Trinajstić information content (AvgIpc) is 4.51. The maximum Gasteiger partial charge on any atom is 0.137 e. The molecule has 0 aliphatic carbocycles. The molecule has 6 aromatic heterocycles. The number of furan rings is 2. The summed E-state index contributed by atoms with van der Waals surface area (Å²) in [5, 5.41) is 37.5. The second-order valence-electron chi connectivity index (χ2n) is 20.7. The van der Waals surface area contributed by atoms with Gasteiger partial charge in [0.2, 0.25) is 0 Å². The molecule has 8 heteroatoms. The van der Waals surface area contributed by atoms with E-state index in [0.29, 0.717) is 33.9 Å². The quantitative estimate of drug-likeness (QED) is 0.172. The summed E-state index contributed by atoms with van der Waals surface area (Å²) < 4.78 is 22.6. The summed E-state index contributed by atoms with van der Waals surface area (Å²) in [6.07, 6.45) is 0. The fourth-order valence-electron chi connectivity index (χ4n) is 13.6. The van der Waals surface area contributed by atoms with Gasteiger partial charge in [-0.1, -0.05) is 121 Å². The van der Waals surface area contributed by atoms with E-state index in [4.69, 9.17) is 8.83 Å². The summed E-state index contributed by atoms with van der Waals surface area (Å²) in [6.45, 7) is 2.13. The SMILES string of the molecule is Cc1ccc2c(c1)c1cc3c(cc1n2-c1c(C#N)c(-n2c4ccccc4c4ccccc42)c(C#N)c2c1-n1c4ccccc4c4ccc(cc41)-c1ccc4c(c1)c1cc5c(cc1n4-2)oc1ccccc15)oc1ccccc13.